The number of nitrogens with zero attached hydrogens (tertiary/aromatic N) is 2. The number of amides is 1. The molecule has 28 heavy (non-hydrogen) atoms. The van der Waals surface area contributed by atoms with Crippen molar-refractivity contribution in [2.75, 3.05) is 11.9 Å². The summed E-state index contributed by atoms with van der Waals surface area (Å²) in [6, 6.07) is 15.1. The number of ether oxygens (including phenoxy) is 1. The van der Waals surface area contributed by atoms with E-state index in [4.69, 9.17) is 16.3 Å². The molecule has 1 aromatic heterocycles. The second-order valence-electron chi connectivity index (χ2n) is 6.10. The number of benzene rings is 2. The summed E-state index contributed by atoms with van der Waals surface area (Å²) < 4.78 is 6.52. The number of carbonyl (C=O) groups is 2. The molecule has 1 heterocycles. The Kier molecular flexibility index (Phi) is 5.96. The standard InChI is InChI=1S/C20H18ClN3O4/c1-24-18(11-17(23-24)14-4-6-15(21)7-5-14)22-19(26)12-28-20(27)10-13-2-8-16(25)9-3-13/h2-9,11,25H,10,12H2,1H3,(H,22,26). The molecule has 1 amide bonds. The van der Waals surface area contributed by atoms with Gasteiger partial charge in [0.05, 0.1) is 12.1 Å². The topological polar surface area (TPSA) is 93.5 Å². The lowest BCUT2D eigenvalue weighted by Gasteiger charge is -2.06. The van der Waals surface area contributed by atoms with Gasteiger partial charge in [0, 0.05) is 23.7 Å². The van der Waals surface area contributed by atoms with Crippen molar-refractivity contribution >= 4 is 29.3 Å². The smallest absolute Gasteiger partial charge is 0.310 e. The summed E-state index contributed by atoms with van der Waals surface area (Å²) in [4.78, 5) is 23.9. The summed E-state index contributed by atoms with van der Waals surface area (Å²) in [6.45, 7) is -0.404. The Morgan fingerprint density at radius 1 is 1.14 bits per heavy atom. The van der Waals surface area contributed by atoms with Crippen LogP contribution in [0, 0.1) is 0 Å². The summed E-state index contributed by atoms with van der Waals surface area (Å²) in [7, 11) is 1.70. The Morgan fingerprint density at radius 2 is 1.82 bits per heavy atom. The fourth-order valence-corrected chi connectivity index (χ4v) is 2.63. The molecule has 7 nitrogen and oxygen atoms in total. The molecular weight excluding hydrogens is 382 g/mol. The molecule has 0 fully saturated rings. The van der Waals surface area contributed by atoms with E-state index < -0.39 is 18.5 Å². The van der Waals surface area contributed by atoms with E-state index in [2.05, 4.69) is 10.4 Å². The molecule has 0 aliphatic heterocycles. The summed E-state index contributed by atoms with van der Waals surface area (Å²) in [6.07, 6.45) is 0.0139. The average Bonchev–Trinajstić information content (AvgIpc) is 3.03. The van der Waals surface area contributed by atoms with Crippen LogP contribution in [0.15, 0.2) is 54.6 Å². The first-order chi connectivity index (χ1) is 13.4. The van der Waals surface area contributed by atoms with E-state index in [0.717, 1.165) is 5.56 Å². The zero-order valence-electron chi connectivity index (χ0n) is 15.1. The van der Waals surface area contributed by atoms with E-state index in [-0.39, 0.29) is 12.2 Å². The maximum atomic E-state index is 12.1. The number of anilines is 1. The fourth-order valence-electron chi connectivity index (χ4n) is 2.50. The van der Waals surface area contributed by atoms with Crippen molar-refractivity contribution in [3.63, 3.8) is 0 Å². The second-order valence-corrected chi connectivity index (χ2v) is 6.53. The molecule has 3 rings (SSSR count). The third kappa shape index (κ3) is 5.11. The van der Waals surface area contributed by atoms with Crippen molar-refractivity contribution in [1.82, 2.24) is 9.78 Å². The predicted molar refractivity (Wildman–Crippen MR) is 105 cm³/mol. The van der Waals surface area contributed by atoms with Crippen LogP contribution in [0.2, 0.25) is 5.02 Å². The van der Waals surface area contributed by atoms with E-state index in [0.29, 0.717) is 22.1 Å². The molecule has 144 valence electrons. The highest BCUT2D eigenvalue weighted by Crippen LogP contribution is 2.23. The Hall–Kier alpha value is -3.32. The quantitative estimate of drug-likeness (QED) is 0.621. The number of aryl methyl sites for hydroxylation is 1. The van der Waals surface area contributed by atoms with Crippen LogP contribution in [0.5, 0.6) is 5.75 Å². The maximum absolute atomic E-state index is 12.1. The van der Waals surface area contributed by atoms with E-state index >= 15 is 0 Å². The number of carbonyl (C=O) groups excluding carboxylic acids is 2. The van der Waals surface area contributed by atoms with E-state index in [1.54, 1.807) is 37.4 Å². The predicted octanol–water partition coefficient (Wildman–Crippen LogP) is 3.17. The van der Waals surface area contributed by atoms with Crippen LogP contribution in [0.1, 0.15) is 5.56 Å². The molecule has 0 saturated carbocycles. The van der Waals surface area contributed by atoms with Gasteiger partial charge in [-0.3, -0.25) is 14.3 Å². The van der Waals surface area contributed by atoms with Crippen molar-refractivity contribution in [3.05, 3.63) is 65.2 Å². The van der Waals surface area contributed by atoms with Gasteiger partial charge >= 0.3 is 5.97 Å². The maximum Gasteiger partial charge on any atom is 0.310 e. The monoisotopic (exact) mass is 399 g/mol. The first-order valence-corrected chi connectivity index (χ1v) is 8.82. The molecule has 2 aromatic carbocycles. The lowest BCUT2D eigenvalue weighted by atomic mass is 10.1. The molecule has 0 atom stereocenters. The molecule has 2 N–H and O–H groups in total. The van der Waals surface area contributed by atoms with Crippen LogP contribution >= 0.6 is 11.6 Å². The van der Waals surface area contributed by atoms with Crippen molar-refractivity contribution in [2.45, 2.75) is 6.42 Å². The van der Waals surface area contributed by atoms with Crippen LogP contribution in [0.4, 0.5) is 5.82 Å². The summed E-state index contributed by atoms with van der Waals surface area (Å²) in [5.41, 5.74) is 2.22. The van der Waals surface area contributed by atoms with Gasteiger partial charge in [-0.2, -0.15) is 5.10 Å². The van der Waals surface area contributed by atoms with Gasteiger partial charge in [-0.05, 0) is 29.8 Å². The third-order valence-corrected chi connectivity index (χ3v) is 4.19. The fraction of sp³-hybridized carbons (Fsp3) is 0.150. The van der Waals surface area contributed by atoms with Crippen molar-refractivity contribution in [3.8, 4) is 17.0 Å². The Labute approximate surface area is 166 Å². The lowest BCUT2D eigenvalue weighted by molar-refractivity contribution is -0.146. The van der Waals surface area contributed by atoms with E-state index in [1.165, 1.54) is 16.8 Å². The number of rotatable bonds is 6. The number of nitrogens with one attached hydrogen (secondary N) is 1. The summed E-state index contributed by atoms with van der Waals surface area (Å²) >= 11 is 5.89. The minimum atomic E-state index is -0.535. The molecular formula is C20H18ClN3O4. The molecule has 8 heteroatoms. The molecule has 0 unspecified atom stereocenters. The van der Waals surface area contributed by atoms with Gasteiger partial charge in [-0.15, -0.1) is 0 Å². The largest absolute Gasteiger partial charge is 0.508 e. The Morgan fingerprint density at radius 3 is 2.50 bits per heavy atom. The van der Waals surface area contributed by atoms with Crippen LogP contribution in [0.3, 0.4) is 0 Å². The van der Waals surface area contributed by atoms with Crippen LogP contribution in [-0.4, -0.2) is 33.4 Å². The van der Waals surface area contributed by atoms with Crippen LogP contribution in [-0.2, 0) is 27.8 Å². The van der Waals surface area contributed by atoms with Gasteiger partial charge in [-0.1, -0.05) is 35.9 Å². The highest BCUT2D eigenvalue weighted by molar-refractivity contribution is 6.30. The highest BCUT2D eigenvalue weighted by Gasteiger charge is 2.13. The number of hydrogen-bond donors (Lipinski definition) is 2. The first-order valence-electron chi connectivity index (χ1n) is 8.44. The highest BCUT2D eigenvalue weighted by atomic mass is 35.5. The van der Waals surface area contributed by atoms with E-state index in [9.17, 15) is 14.7 Å². The Balaban J connectivity index is 1.54. The number of phenols is 1. The van der Waals surface area contributed by atoms with E-state index in [1.807, 2.05) is 12.1 Å². The molecule has 0 radical (unpaired) electrons. The number of aromatic hydroxyl groups is 1. The third-order valence-electron chi connectivity index (χ3n) is 3.94. The lowest BCUT2D eigenvalue weighted by Crippen LogP contribution is -2.22. The normalized spacial score (nSPS) is 10.5. The zero-order valence-corrected chi connectivity index (χ0v) is 15.8. The number of aromatic nitrogens is 2. The molecule has 0 saturated heterocycles. The van der Waals surface area contributed by atoms with Gasteiger partial charge in [0.1, 0.15) is 11.6 Å². The van der Waals surface area contributed by atoms with Gasteiger partial charge in [0.15, 0.2) is 6.61 Å². The van der Waals surface area contributed by atoms with Gasteiger partial charge in [0.2, 0.25) is 0 Å². The summed E-state index contributed by atoms with van der Waals surface area (Å²) in [5.74, 6) is -0.410. The Bertz CT molecular complexity index is 982. The van der Waals surface area contributed by atoms with Gasteiger partial charge in [0.25, 0.3) is 5.91 Å². The van der Waals surface area contributed by atoms with Crippen molar-refractivity contribution in [2.24, 2.45) is 7.05 Å². The van der Waals surface area contributed by atoms with Gasteiger partial charge in [-0.25, -0.2) is 0 Å². The molecule has 0 spiro atoms. The van der Waals surface area contributed by atoms with Crippen LogP contribution < -0.4 is 5.32 Å². The zero-order chi connectivity index (χ0) is 20.1. The molecule has 0 aliphatic carbocycles. The first kappa shape index (κ1) is 19.4. The molecule has 3 aromatic rings. The van der Waals surface area contributed by atoms with Crippen molar-refractivity contribution < 1.29 is 19.4 Å². The second kappa shape index (κ2) is 8.58. The molecule has 0 aliphatic rings. The van der Waals surface area contributed by atoms with Gasteiger partial charge < -0.3 is 15.2 Å². The summed E-state index contributed by atoms with van der Waals surface area (Å²) in [5, 5.41) is 16.9. The number of halogens is 1. The van der Waals surface area contributed by atoms with Crippen LogP contribution in [0.25, 0.3) is 11.3 Å². The minimum Gasteiger partial charge on any atom is -0.508 e. The number of phenolic OH excluding ortho intramolecular Hbond substituents is 1. The molecule has 0 bridgehead atoms. The van der Waals surface area contributed by atoms with Crippen molar-refractivity contribution in [1.29, 1.82) is 0 Å². The SMILES string of the molecule is Cn1nc(-c2ccc(Cl)cc2)cc1NC(=O)COC(=O)Cc1ccc(O)cc1. The number of esters is 1. The average molecular weight is 400 g/mol. The number of hydrogen-bond acceptors (Lipinski definition) is 5. The minimum absolute atomic E-state index is 0.0139.